The van der Waals surface area contributed by atoms with E-state index in [4.69, 9.17) is 0 Å². The zero-order valence-corrected chi connectivity index (χ0v) is 13.1. The molecular formula is C17H17N3O4. The van der Waals surface area contributed by atoms with Crippen LogP contribution in [0.25, 0.3) is 0 Å². The number of carbonyl (C=O) groups is 2. The number of carbonyl (C=O) groups excluding carboxylic acids is 2. The third-order valence-electron chi connectivity index (χ3n) is 3.40. The highest BCUT2D eigenvalue weighted by molar-refractivity contribution is 5.95. The van der Waals surface area contributed by atoms with E-state index in [9.17, 15) is 19.7 Å². The van der Waals surface area contributed by atoms with Gasteiger partial charge < -0.3 is 0 Å². The molecular weight excluding hydrogens is 310 g/mol. The van der Waals surface area contributed by atoms with Crippen LogP contribution < -0.4 is 10.9 Å². The van der Waals surface area contributed by atoms with Crippen LogP contribution in [0.4, 0.5) is 5.69 Å². The fourth-order valence-corrected chi connectivity index (χ4v) is 2.03. The molecule has 0 atom stereocenters. The Bertz CT molecular complexity index is 757. The van der Waals surface area contributed by atoms with Crippen molar-refractivity contribution in [2.75, 3.05) is 0 Å². The number of nitrogens with one attached hydrogen (secondary N) is 2. The monoisotopic (exact) mass is 327 g/mol. The van der Waals surface area contributed by atoms with Crippen LogP contribution in [0.2, 0.25) is 0 Å². The second-order valence-corrected chi connectivity index (χ2v) is 5.30. The van der Waals surface area contributed by atoms with Gasteiger partial charge in [-0.2, -0.15) is 0 Å². The zero-order valence-electron chi connectivity index (χ0n) is 13.1. The normalized spacial score (nSPS) is 10.0. The van der Waals surface area contributed by atoms with E-state index >= 15 is 0 Å². The summed E-state index contributed by atoms with van der Waals surface area (Å²) in [5.41, 5.74) is 6.64. The minimum atomic E-state index is -0.609. The number of nitro groups is 1. The fraction of sp³-hybridized carbons (Fsp3) is 0.176. The molecule has 0 saturated carbocycles. The van der Waals surface area contributed by atoms with Gasteiger partial charge in [0.25, 0.3) is 11.6 Å². The summed E-state index contributed by atoms with van der Waals surface area (Å²) < 4.78 is 0. The summed E-state index contributed by atoms with van der Waals surface area (Å²) in [5, 5.41) is 10.7. The Morgan fingerprint density at radius 3 is 2.46 bits per heavy atom. The molecule has 7 heteroatoms. The van der Waals surface area contributed by atoms with E-state index in [1.807, 2.05) is 31.2 Å². The number of nitro benzene ring substituents is 1. The molecule has 0 spiro atoms. The van der Waals surface area contributed by atoms with E-state index in [1.165, 1.54) is 18.2 Å². The van der Waals surface area contributed by atoms with Gasteiger partial charge in [0.05, 0.1) is 4.92 Å². The van der Waals surface area contributed by atoms with Crippen LogP contribution in [0.3, 0.4) is 0 Å². The van der Waals surface area contributed by atoms with Crippen LogP contribution >= 0.6 is 0 Å². The van der Waals surface area contributed by atoms with Gasteiger partial charge in [-0.3, -0.25) is 30.6 Å². The van der Waals surface area contributed by atoms with Gasteiger partial charge in [0.2, 0.25) is 5.91 Å². The smallest absolute Gasteiger partial charge is 0.270 e. The SMILES string of the molecule is Cc1ccc(CCC(=O)NNC(=O)c2cccc([N+](=O)[O-])c2)cc1. The first kappa shape index (κ1) is 17.1. The predicted octanol–water partition coefficient (Wildman–Crippen LogP) is 2.30. The first-order valence-corrected chi connectivity index (χ1v) is 7.35. The van der Waals surface area contributed by atoms with Crippen molar-refractivity contribution in [1.82, 2.24) is 10.9 Å². The topological polar surface area (TPSA) is 101 Å². The molecule has 2 rings (SSSR count). The Kier molecular flexibility index (Phi) is 5.62. The molecule has 7 nitrogen and oxygen atoms in total. The predicted molar refractivity (Wildman–Crippen MR) is 88.2 cm³/mol. The molecule has 0 unspecified atom stereocenters. The van der Waals surface area contributed by atoms with Crippen LogP contribution in [0.5, 0.6) is 0 Å². The van der Waals surface area contributed by atoms with E-state index in [0.717, 1.165) is 17.2 Å². The van der Waals surface area contributed by atoms with Crippen LogP contribution in [0.1, 0.15) is 27.9 Å². The first-order valence-electron chi connectivity index (χ1n) is 7.35. The molecule has 0 heterocycles. The van der Waals surface area contributed by atoms with E-state index < -0.39 is 10.8 Å². The summed E-state index contributed by atoms with van der Waals surface area (Å²) in [6, 6.07) is 13.1. The average molecular weight is 327 g/mol. The number of amides is 2. The van der Waals surface area contributed by atoms with Crippen LogP contribution in [0, 0.1) is 17.0 Å². The first-order chi connectivity index (χ1) is 11.5. The molecule has 0 fully saturated rings. The van der Waals surface area contributed by atoms with Crippen molar-refractivity contribution >= 4 is 17.5 Å². The molecule has 0 aliphatic heterocycles. The maximum atomic E-state index is 11.9. The highest BCUT2D eigenvalue weighted by atomic mass is 16.6. The minimum absolute atomic E-state index is 0.100. The van der Waals surface area contributed by atoms with E-state index in [-0.39, 0.29) is 23.6 Å². The number of nitrogens with zero attached hydrogens (tertiary/aromatic N) is 1. The van der Waals surface area contributed by atoms with Crippen molar-refractivity contribution in [2.45, 2.75) is 19.8 Å². The lowest BCUT2D eigenvalue weighted by Gasteiger charge is -2.07. The van der Waals surface area contributed by atoms with Gasteiger partial charge in [-0.1, -0.05) is 35.9 Å². The van der Waals surface area contributed by atoms with Gasteiger partial charge in [0, 0.05) is 24.1 Å². The molecule has 124 valence electrons. The van der Waals surface area contributed by atoms with Crippen molar-refractivity contribution in [3.05, 3.63) is 75.3 Å². The van der Waals surface area contributed by atoms with Crippen LogP contribution in [-0.4, -0.2) is 16.7 Å². The third kappa shape index (κ3) is 4.91. The summed E-state index contributed by atoms with van der Waals surface area (Å²) in [7, 11) is 0. The van der Waals surface area contributed by atoms with Gasteiger partial charge in [0.1, 0.15) is 0 Å². The number of aryl methyl sites for hydroxylation is 2. The Labute approximate surface area is 138 Å². The summed E-state index contributed by atoms with van der Waals surface area (Å²) in [6.07, 6.45) is 0.775. The minimum Gasteiger partial charge on any atom is -0.273 e. The molecule has 0 aliphatic rings. The Balaban J connectivity index is 1.82. The van der Waals surface area contributed by atoms with Crippen molar-refractivity contribution < 1.29 is 14.5 Å². The quantitative estimate of drug-likeness (QED) is 0.650. The summed E-state index contributed by atoms with van der Waals surface area (Å²) in [6.45, 7) is 1.99. The van der Waals surface area contributed by atoms with E-state index in [2.05, 4.69) is 10.9 Å². The molecule has 0 radical (unpaired) electrons. The van der Waals surface area contributed by atoms with Crippen molar-refractivity contribution in [2.24, 2.45) is 0 Å². The molecule has 0 saturated heterocycles. The summed E-state index contributed by atoms with van der Waals surface area (Å²) in [5.74, 6) is -0.947. The van der Waals surface area contributed by atoms with Crippen molar-refractivity contribution in [3.63, 3.8) is 0 Å². The highest BCUT2D eigenvalue weighted by Crippen LogP contribution is 2.12. The number of non-ortho nitro benzene ring substituents is 1. The Morgan fingerprint density at radius 2 is 1.79 bits per heavy atom. The second kappa shape index (κ2) is 7.87. The zero-order chi connectivity index (χ0) is 17.5. The van der Waals surface area contributed by atoms with Crippen LogP contribution in [-0.2, 0) is 11.2 Å². The number of benzene rings is 2. The van der Waals surface area contributed by atoms with E-state index in [1.54, 1.807) is 0 Å². The molecule has 2 aromatic rings. The van der Waals surface area contributed by atoms with Gasteiger partial charge in [-0.25, -0.2) is 0 Å². The number of hydrogen-bond donors (Lipinski definition) is 2. The molecule has 0 bridgehead atoms. The largest absolute Gasteiger partial charge is 0.273 e. The van der Waals surface area contributed by atoms with Gasteiger partial charge in [-0.05, 0) is 25.0 Å². The Hall–Kier alpha value is -3.22. The molecule has 0 aliphatic carbocycles. The van der Waals surface area contributed by atoms with Crippen molar-refractivity contribution in [1.29, 1.82) is 0 Å². The average Bonchev–Trinajstić information content (AvgIpc) is 2.59. The molecule has 24 heavy (non-hydrogen) atoms. The summed E-state index contributed by atoms with van der Waals surface area (Å²) in [4.78, 5) is 33.7. The second-order valence-electron chi connectivity index (χ2n) is 5.30. The van der Waals surface area contributed by atoms with E-state index in [0.29, 0.717) is 6.42 Å². The lowest BCUT2D eigenvalue weighted by molar-refractivity contribution is -0.384. The molecule has 2 amide bonds. The van der Waals surface area contributed by atoms with Crippen molar-refractivity contribution in [3.8, 4) is 0 Å². The third-order valence-corrected chi connectivity index (χ3v) is 3.40. The maximum absolute atomic E-state index is 11.9. The summed E-state index contributed by atoms with van der Waals surface area (Å²) >= 11 is 0. The maximum Gasteiger partial charge on any atom is 0.270 e. The number of hydrazine groups is 1. The number of hydrogen-bond acceptors (Lipinski definition) is 4. The van der Waals surface area contributed by atoms with Gasteiger partial charge in [-0.15, -0.1) is 0 Å². The lowest BCUT2D eigenvalue weighted by Crippen LogP contribution is -2.41. The standard InChI is InChI=1S/C17H17N3O4/c1-12-5-7-13(8-6-12)9-10-16(21)18-19-17(22)14-3-2-4-15(11-14)20(23)24/h2-8,11H,9-10H2,1H3,(H,18,21)(H,19,22). The number of rotatable bonds is 5. The van der Waals surface area contributed by atoms with Crippen LogP contribution in [0.15, 0.2) is 48.5 Å². The lowest BCUT2D eigenvalue weighted by atomic mass is 10.1. The van der Waals surface area contributed by atoms with Gasteiger partial charge in [0.15, 0.2) is 0 Å². The highest BCUT2D eigenvalue weighted by Gasteiger charge is 2.12. The Morgan fingerprint density at radius 1 is 1.08 bits per heavy atom. The van der Waals surface area contributed by atoms with Gasteiger partial charge >= 0.3 is 0 Å². The molecule has 0 aromatic heterocycles. The molecule has 2 aromatic carbocycles. The molecule has 2 N–H and O–H groups in total. The fourth-order valence-electron chi connectivity index (χ4n) is 2.03.